The van der Waals surface area contributed by atoms with Crippen molar-refractivity contribution in [2.45, 2.75) is 60.3 Å². The monoisotopic (exact) mass is 261 g/mol. The molecule has 2 heteroatoms. The fraction of sp³-hybridized carbons (Fsp3) is 0.588. The molecule has 2 nitrogen and oxygen atoms in total. The number of rotatable bonds is 6. The van der Waals surface area contributed by atoms with E-state index in [9.17, 15) is 4.79 Å². The van der Waals surface area contributed by atoms with Crippen LogP contribution in [-0.2, 0) is 4.79 Å². The van der Waals surface area contributed by atoms with Crippen LogP contribution in [0.2, 0.25) is 0 Å². The van der Waals surface area contributed by atoms with Gasteiger partial charge >= 0.3 is 0 Å². The molecule has 0 radical (unpaired) electrons. The Hall–Kier alpha value is -1.31. The van der Waals surface area contributed by atoms with E-state index in [4.69, 9.17) is 0 Å². The van der Waals surface area contributed by atoms with E-state index in [1.807, 2.05) is 32.0 Å². The summed E-state index contributed by atoms with van der Waals surface area (Å²) in [6.45, 7) is 10.6. The number of benzene rings is 1. The minimum absolute atomic E-state index is 0.142. The molecule has 0 saturated heterocycles. The van der Waals surface area contributed by atoms with E-state index < -0.39 is 0 Å². The van der Waals surface area contributed by atoms with Crippen molar-refractivity contribution in [1.82, 2.24) is 0 Å². The molecule has 0 aliphatic rings. The topological polar surface area (TPSA) is 29.1 Å². The summed E-state index contributed by atoms with van der Waals surface area (Å²) in [6, 6.07) is 6.10. The summed E-state index contributed by atoms with van der Waals surface area (Å²) in [5, 5.41) is 3.10. The first-order chi connectivity index (χ1) is 8.98. The first-order valence-corrected chi connectivity index (χ1v) is 7.34. The molecular weight excluding hydrogens is 234 g/mol. The van der Waals surface area contributed by atoms with Crippen LogP contribution in [0.3, 0.4) is 0 Å². The van der Waals surface area contributed by atoms with Crippen LogP contribution in [0.15, 0.2) is 18.2 Å². The third-order valence-corrected chi connectivity index (χ3v) is 4.53. The molecule has 0 fully saturated rings. The van der Waals surface area contributed by atoms with E-state index in [1.54, 1.807) is 0 Å². The second-order valence-electron chi connectivity index (χ2n) is 5.55. The van der Waals surface area contributed by atoms with E-state index >= 15 is 0 Å². The molecule has 0 aromatic heterocycles. The Morgan fingerprint density at radius 3 is 1.95 bits per heavy atom. The molecule has 1 amide bonds. The maximum absolute atomic E-state index is 12.3. The first kappa shape index (κ1) is 15.7. The largest absolute Gasteiger partial charge is 0.326 e. The Morgan fingerprint density at radius 2 is 1.53 bits per heavy atom. The Bertz CT molecular complexity index is 404. The third-order valence-electron chi connectivity index (χ3n) is 4.53. The number of nitrogens with one attached hydrogen (secondary N) is 1. The SMILES string of the molecule is CCC(CC)(CC)CC(=O)Nc1c(C)cccc1C. The minimum atomic E-state index is 0.142. The zero-order valence-corrected chi connectivity index (χ0v) is 13.0. The van der Waals surface area contributed by atoms with Crippen LogP contribution in [0, 0.1) is 19.3 Å². The van der Waals surface area contributed by atoms with Gasteiger partial charge < -0.3 is 5.32 Å². The maximum atomic E-state index is 12.3. The summed E-state index contributed by atoms with van der Waals surface area (Å²) in [6.07, 6.45) is 3.78. The van der Waals surface area contributed by atoms with Crippen molar-refractivity contribution < 1.29 is 4.79 Å². The zero-order chi connectivity index (χ0) is 14.5. The van der Waals surface area contributed by atoms with Crippen molar-refractivity contribution in [3.63, 3.8) is 0 Å². The first-order valence-electron chi connectivity index (χ1n) is 7.34. The second kappa shape index (κ2) is 6.74. The lowest BCUT2D eigenvalue weighted by molar-refractivity contribution is -0.118. The minimum Gasteiger partial charge on any atom is -0.326 e. The molecule has 1 rings (SSSR count). The van der Waals surface area contributed by atoms with Crippen LogP contribution in [0.25, 0.3) is 0 Å². The van der Waals surface area contributed by atoms with Crippen LogP contribution in [0.5, 0.6) is 0 Å². The van der Waals surface area contributed by atoms with E-state index in [1.165, 1.54) is 0 Å². The Labute approximate surface area is 117 Å². The number of amides is 1. The molecule has 0 saturated carbocycles. The Balaban J connectivity index is 2.81. The Kier molecular flexibility index (Phi) is 5.59. The fourth-order valence-electron chi connectivity index (χ4n) is 2.66. The van der Waals surface area contributed by atoms with Crippen molar-refractivity contribution in [3.8, 4) is 0 Å². The van der Waals surface area contributed by atoms with Gasteiger partial charge in [0.2, 0.25) is 5.91 Å². The lowest BCUT2D eigenvalue weighted by Gasteiger charge is -2.29. The molecule has 0 aliphatic heterocycles. The van der Waals surface area contributed by atoms with Gasteiger partial charge in [0.05, 0.1) is 0 Å². The highest BCUT2D eigenvalue weighted by Crippen LogP contribution is 2.34. The van der Waals surface area contributed by atoms with Gasteiger partial charge in [0.15, 0.2) is 0 Å². The summed E-state index contributed by atoms with van der Waals surface area (Å²) in [5.41, 5.74) is 3.39. The highest BCUT2D eigenvalue weighted by Gasteiger charge is 2.27. The number of hydrogen-bond donors (Lipinski definition) is 1. The average molecular weight is 261 g/mol. The molecule has 0 aliphatic carbocycles. The number of para-hydroxylation sites is 1. The van der Waals surface area contributed by atoms with E-state index in [2.05, 4.69) is 26.1 Å². The van der Waals surface area contributed by atoms with Gasteiger partial charge in [-0.2, -0.15) is 0 Å². The summed E-state index contributed by atoms with van der Waals surface area (Å²) in [5.74, 6) is 0.142. The summed E-state index contributed by atoms with van der Waals surface area (Å²) in [4.78, 5) is 12.3. The average Bonchev–Trinajstić information content (AvgIpc) is 2.41. The van der Waals surface area contributed by atoms with Crippen LogP contribution in [0.4, 0.5) is 5.69 Å². The molecule has 0 spiro atoms. The van der Waals surface area contributed by atoms with Gasteiger partial charge in [-0.15, -0.1) is 0 Å². The van der Waals surface area contributed by atoms with Crippen LogP contribution in [-0.4, -0.2) is 5.91 Å². The van der Waals surface area contributed by atoms with Gasteiger partial charge in [0.25, 0.3) is 0 Å². The molecule has 1 aromatic rings. The summed E-state index contributed by atoms with van der Waals surface area (Å²) >= 11 is 0. The number of hydrogen-bond acceptors (Lipinski definition) is 1. The molecule has 0 heterocycles. The number of anilines is 1. The highest BCUT2D eigenvalue weighted by molar-refractivity contribution is 5.92. The van der Waals surface area contributed by atoms with Crippen molar-refractivity contribution in [3.05, 3.63) is 29.3 Å². The van der Waals surface area contributed by atoms with Crippen LogP contribution >= 0.6 is 0 Å². The standard InChI is InChI=1S/C17H27NO/c1-6-17(7-2,8-3)12-15(19)18-16-13(4)10-9-11-14(16)5/h9-11H,6-8,12H2,1-5H3,(H,18,19). The molecule has 1 N–H and O–H groups in total. The van der Waals surface area contributed by atoms with Crippen molar-refractivity contribution >= 4 is 11.6 Å². The lowest BCUT2D eigenvalue weighted by Crippen LogP contribution is -2.26. The smallest absolute Gasteiger partial charge is 0.224 e. The van der Waals surface area contributed by atoms with E-state index in [-0.39, 0.29) is 11.3 Å². The quantitative estimate of drug-likeness (QED) is 0.779. The molecule has 0 unspecified atom stereocenters. The predicted molar refractivity (Wildman–Crippen MR) is 82.5 cm³/mol. The van der Waals surface area contributed by atoms with Crippen molar-refractivity contribution in [1.29, 1.82) is 0 Å². The summed E-state index contributed by atoms with van der Waals surface area (Å²) in [7, 11) is 0. The highest BCUT2D eigenvalue weighted by atomic mass is 16.1. The zero-order valence-electron chi connectivity index (χ0n) is 13.0. The molecule has 0 bridgehead atoms. The number of carbonyl (C=O) groups excluding carboxylic acids is 1. The van der Waals surface area contributed by atoms with E-state index in [0.717, 1.165) is 36.1 Å². The Morgan fingerprint density at radius 1 is 1.05 bits per heavy atom. The molecule has 0 atom stereocenters. The van der Waals surface area contributed by atoms with Crippen molar-refractivity contribution in [2.75, 3.05) is 5.32 Å². The number of aryl methyl sites for hydroxylation is 2. The third kappa shape index (κ3) is 3.82. The molecular formula is C17H27NO. The van der Waals surface area contributed by atoms with Gasteiger partial charge in [-0.05, 0) is 49.7 Å². The maximum Gasteiger partial charge on any atom is 0.224 e. The molecule has 19 heavy (non-hydrogen) atoms. The van der Waals surface area contributed by atoms with Gasteiger partial charge in [0.1, 0.15) is 0 Å². The molecule has 106 valence electrons. The predicted octanol–water partition coefficient (Wildman–Crippen LogP) is 4.85. The second-order valence-corrected chi connectivity index (χ2v) is 5.55. The van der Waals surface area contributed by atoms with Crippen LogP contribution < -0.4 is 5.32 Å². The lowest BCUT2D eigenvalue weighted by atomic mass is 9.76. The van der Waals surface area contributed by atoms with E-state index in [0.29, 0.717) is 6.42 Å². The van der Waals surface area contributed by atoms with Gasteiger partial charge in [-0.3, -0.25) is 4.79 Å². The van der Waals surface area contributed by atoms with Crippen LogP contribution in [0.1, 0.15) is 57.6 Å². The van der Waals surface area contributed by atoms with Gasteiger partial charge in [0, 0.05) is 12.1 Å². The normalized spacial score (nSPS) is 11.4. The fourth-order valence-corrected chi connectivity index (χ4v) is 2.66. The molecule has 1 aromatic carbocycles. The van der Waals surface area contributed by atoms with Crippen molar-refractivity contribution in [2.24, 2.45) is 5.41 Å². The number of carbonyl (C=O) groups is 1. The summed E-state index contributed by atoms with van der Waals surface area (Å²) < 4.78 is 0. The van der Waals surface area contributed by atoms with Gasteiger partial charge in [-0.1, -0.05) is 39.0 Å². The van der Waals surface area contributed by atoms with Gasteiger partial charge in [-0.25, -0.2) is 0 Å².